The number of amides is 2. The topological polar surface area (TPSA) is 70.7 Å². The Morgan fingerprint density at radius 2 is 2.21 bits per heavy atom. The van der Waals surface area contributed by atoms with Gasteiger partial charge >= 0.3 is 6.09 Å². The molecular weight excluding hydrogens is 186 g/mol. The van der Waals surface area contributed by atoms with Crippen LogP contribution in [0.5, 0.6) is 0 Å². The van der Waals surface area contributed by atoms with Crippen molar-refractivity contribution >= 4 is 12.0 Å². The summed E-state index contributed by atoms with van der Waals surface area (Å²) in [6, 6.07) is 0. The van der Waals surface area contributed by atoms with E-state index in [1.165, 1.54) is 5.12 Å². The van der Waals surface area contributed by atoms with E-state index in [2.05, 4.69) is 10.9 Å². The third-order valence-electron chi connectivity index (χ3n) is 1.45. The van der Waals surface area contributed by atoms with Crippen molar-refractivity contribution < 1.29 is 14.3 Å². The summed E-state index contributed by atoms with van der Waals surface area (Å²) in [4.78, 5) is 22.0. The molecule has 14 heavy (non-hydrogen) atoms. The molecule has 0 saturated carbocycles. The molecule has 6 nitrogen and oxygen atoms in total. The van der Waals surface area contributed by atoms with Crippen molar-refractivity contribution in [1.82, 2.24) is 16.0 Å². The molecule has 2 N–H and O–H groups in total. The van der Waals surface area contributed by atoms with Gasteiger partial charge in [-0.05, 0) is 20.8 Å². The van der Waals surface area contributed by atoms with Crippen LogP contribution in [0.2, 0.25) is 0 Å². The van der Waals surface area contributed by atoms with Crippen LogP contribution in [0.1, 0.15) is 27.2 Å². The van der Waals surface area contributed by atoms with E-state index in [1.807, 2.05) is 0 Å². The van der Waals surface area contributed by atoms with Crippen LogP contribution in [0, 0.1) is 0 Å². The second-order valence-corrected chi connectivity index (χ2v) is 4.05. The van der Waals surface area contributed by atoms with Gasteiger partial charge in [-0.25, -0.2) is 10.2 Å². The van der Waals surface area contributed by atoms with E-state index in [9.17, 15) is 9.59 Å². The SMILES string of the molecule is CC(C)(C)OC(=O)NN1CCC(=O)N1. The van der Waals surface area contributed by atoms with Crippen LogP contribution in [0.25, 0.3) is 0 Å². The van der Waals surface area contributed by atoms with Crippen molar-refractivity contribution in [2.75, 3.05) is 6.54 Å². The number of hydrogen-bond acceptors (Lipinski definition) is 4. The number of hydrazine groups is 2. The van der Waals surface area contributed by atoms with Gasteiger partial charge < -0.3 is 4.74 Å². The van der Waals surface area contributed by atoms with Gasteiger partial charge in [-0.2, -0.15) is 0 Å². The highest BCUT2D eigenvalue weighted by atomic mass is 16.6. The van der Waals surface area contributed by atoms with Crippen LogP contribution >= 0.6 is 0 Å². The first-order chi connectivity index (χ1) is 6.37. The van der Waals surface area contributed by atoms with Crippen molar-refractivity contribution in [2.24, 2.45) is 0 Å². The molecule has 0 radical (unpaired) electrons. The summed E-state index contributed by atoms with van der Waals surface area (Å²) >= 11 is 0. The lowest BCUT2D eigenvalue weighted by atomic mass is 10.2. The molecule has 0 aromatic rings. The Hall–Kier alpha value is -1.30. The number of hydrogen-bond donors (Lipinski definition) is 2. The number of rotatable bonds is 1. The van der Waals surface area contributed by atoms with Crippen LogP contribution in [-0.4, -0.2) is 29.3 Å². The minimum absolute atomic E-state index is 0.110. The Labute approximate surface area is 82.5 Å². The molecular formula is C8H15N3O3. The van der Waals surface area contributed by atoms with Crippen LogP contribution in [0.15, 0.2) is 0 Å². The van der Waals surface area contributed by atoms with E-state index in [0.29, 0.717) is 13.0 Å². The molecule has 0 aromatic heterocycles. The summed E-state index contributed by atoms with van der Waals surface area (Å²) in [5, 5.41) is 1.32. The maximum atomic E-state index is 11.2. The zero-order chi connectivity index (χ0) is 10.8. The van der Waals surface area contributed by atoms with E-state index >= 15 is 0 Å². The Morgan fingerprint density at radius 3 is 2.64 bits per heavy atom. The van der Waals surface area contributed by atoms with Gasteiger partial charge in [-0.1, -0.05) is 0 Å². The third kappa shape index (κ3) is 3.61. The summed E-state index contributed by atoms with van der Waals surface area (Å²) in [6.45, 7) is 5.78. The number of nitrogens with one attached hydrogen (secondary N) is 2. The smallest absolute Gasteiger partial charge is 0.423 e. The van der Waals surface area contributed by atoms with Crippen molar-refractivity contribution in [3.05, 3.63) is 0 Å². The number of carbonyl (C=O) groups is 2. The predicted molar refractivity (Wildman–Crippen MR) is 48.8 cm³/mol. The quantitative estimate of drug-likeness (QED) is 0.634. The molecule has 1 rings (SSSR count). The number of ether oxygens (including phenoxy) is 1. The minimum atomic E-state index is -0.570. The zero-order valence-electron chi connectivity index (χ0n) is 8.59. The molecule has 2 amide bonds. The standard InChI is InChI=1S/C8H15N3O3/c1-8(2,3)14-7(13)10-11-5-4-6(12)9-11/h4-5H2,1-3H3,(H,9,12)(H,10,13). The molecule has 6 heteroatoms. The van der Waals surface area contributed by atoms with Gasteiger partial charge in [-0.15, -0.1) is 5.12 Å². The van der Waals surface area contributed by atoms with E-state index in [4.69, 9.17) is 4.74 Å². The highest BCUT2D eigenvalue weighted by molar-refractivity contribution is 5.78. The van der Waals surface area contributed by atoms with Gasteiger partial charge in [0.05, 0.1) is 0 Å². The summed E-state index contributed by atoms with van der Waals surface area (Å²) in [5.41, 5.74) is 4.33. The fraction of sp³-hybridized carbons (Fsp3) is 0.750. The lowest BCUT2D eigenvalue weighted by molar-refractivity contribution is -0.121. The van der Waals surface area contributed by atoms with Gasteiger partial charge in [0.1, 0.15) is 5.60 Å². The molecule has 0 atom stereocenters. The van der Waals surface area contributed by atoms with Crippen molar-refractivity contribution in [1.29, 1.82) is 0 Å². The Morgan fingerprint density at radius 1 is 1.57 bits per heavy atom. The van der Waals surface area contributed by atoms with Crippen molar-refractivity contribution in [3.63, 3.8) is 0 Å². The van der Waals surface area contributed by atoms with Crippen molar-refractivity contribution in [3.8, 4) is 0 Å². The fourth-order valence-electron chi connectivity index (χ4n) is 0.971. The van der Waals surface area contributed by atoms with Crippen molar-refractivity contribution in [2.45, 2.75) is 32.8 Å². The molecule has 0 aromatic carbocycles. The summed E-state index contributed by atoms with van der Waals surface area (Å²) in [6.07, 6.45) is -0.185. The molecule has 1 heterocycles. The van der Waals surface area contributed by atoms with Gasteiger partial charge in [0.25, 0.3) is 0 Å². The lowest BCUT2D eigenvalue weighted by Gasteiger charge is -2.22. The molecule has 0 aliphatic carbocycles. The average molecular weight is 201 g/mol. The highest BCUT2D eigenvalue weighted by Crippen LogP contribution is 2.06. The predicted octanol–water partition coefficient (Wildman–Crippen LogP) is 0.163. The molecule has 0 spiro atoms. The van der Waals surface area contributed by atoms with E-state index in [0.717, 1.165) is 0 Å². The Balaban J connectivity index is 2.31. The first-order valence-electron chi connectivity index (χ1n) is 4.43. The zero-order valence-corrected chi connectivity index (χ0v) is 8.59. The van der Waals surface area contributed by atoms with Crippen LogP contribution in [0.3, 0.4) is 0 Å². The third-order valence-corrected chi connectivity index (χ3v) is 1.45. The van der Waals surface area contributed by atoms with Gasteiger partial charge in [0, 0.05) is 13.0 Å². The minimum Gasteiger partial charge on any atom is -0.443 e. The van der Waals surface area contributed by atoms with Gasteiger partial charge in [0.15, 0.2) is 0 Å². The van der Waals surface area contributed by atoms with Crippen LogP contribution in [-0.2, 0) is 9.53 Å². The maximum absolute atomic E-state index is 11.2. The van der Waals surface area contributed by atoms with E-state index in [1.54, 1.807) is 20.8 Å². The molecule has 1 saturated heterocycles. The lowest BCUT2D eigenvalue weighted by Crippen LogP contribution is -2.49. The largest absolute Gasteiger partial charge is 0.443 e. The summed E-state index contributed by atoms with van der Waals surface area (Å²) in [5.74, 6) is -0.110. The molecule has 1 fully saturated rings. The second-order valence-electron chi connectivity index (χ2n) is 4.05. The molecule has 1 aliphatic rings. The van der Waals surface area contributed by atoms with E-state index in [-0.39, 0.29) is 5.91 Å². The highest BCUT2D eigenvalue weighted by Gasteiger charge is 2.22. The monoisotopic (exact) mass is 201 g/mol. The van der Waals surface area contributed by atoms with Crippen LogP contribution < -0.4 is 10.9 Å². The first kappa shape index (κ1) is 10.8. The van der Waals surface area contributed by atoms with Gasteiger partial charge in [0.2, 0.25) is 5.91 Å². The Kier molecular flexibility index (Phi) is 2.95. The van der Waals surface area contributed by atoms with Crippen LogP contribution in [0.4, 0.5) is 4.79 Å². The number of nitrogens with zero attached hydrogens (tertiary/aromatic N) is 1. The summed E-state index contributed by atoms with van der Waals surface area (Å²) < 4.78 is 4.99. The Bertz CT molecular complexity index is 247. The second kappa shape index (κ2) is 3.83. The van der Waals surface area contributed by atoms with Gasteiger partial charge in [-0.3, -0.25) is 10.2 Å². The fourth-order valence-corrected chi connectivity index (χ4v) is 0.971. The molecule has 0 bridgehead atoms. The summed E-state index contributed by atoms with van der Waals surface area (Å²) in [7, 11) is 0. The average Bonchev–Trinajstić information content (AvgIpc) is 2.30. The first-order valence-corrected chi connectivity index (χ1v) is 4.43. The number of carbonyl (C=O) groups excluding carboxylic acids is 2. The molecule has 1 aliphatic heterocycles. The van der Waals surface area contributed by atoms with E-state index < -0.39 is 11.7 Å². The molecule has 80 valence electrons. The normalized spacial score (nSPS) is 17.8. The maximum Gasteiger partial charge on any atom is 0.423 e. The molecule has 0 unspecified atom stereocenters.